The molecule has 2 N–H and O–H groups in total. The number of carbonyl (C=O) groups is 2. The first kappa shape index (κ1) is 29.3. The standard InChI is InChI=1S/C28H28ClF2N9O4/c1-2-43-28(32)38-12-16-10-37(11-17(16)13-38)23(41)15-39-14-21(35-26(42)20-9-34-40-7-3-6-33-25(20)40)24(36-39)19-8-18(29)4-5-22(19)44-27(30)31/h3-9,14,16-17,27,32H,2,10-13,15H2,1H3,(H,35,42). The molecule has 0 saturated carbocycles. The van der Waals surface area contributed by atoms with Gasteiger partial charge < -0.3 is 24.6 Å². The largest absolute Gasteiger partial charge is 0.466 e. The van der Waals surface area contributed by atoms with Crippen LogP contribution in [0.1, 0.15) is 17.3 Å². The number of carbonyl (C=O) groups excluding carboxylic acids is 2. The average molecular weight is 628 g/mol. The van der Waals surface area contributed by atoms with E-state index in [1.54, 1.807) is 17.2 Å². The molecule has 2 saturated heterocycles. The van der Waals surface area contributed by atoms with Crippen LogP contribution in [0, 0.1) is 17.2 Å². The SMILES string of the molecule is CCOC(=N)N1CC2CN(C(=O)Cn3cc(NC(=O)c4cnn5cccnc45)c(-c4cc(Cl)ccc4OC(F)F)n3)CC2C1. The highest BCUT2D eigenvalue weighted by Crippen LogP contribution is 2.37. The molecular weight excluding hydrogens is 600 g/mol. The number of rotatable bonds is 8. The van der Waals surface area contributed by atoms with Crippen molar-refractivity contribution >= 4 is 40.8 Å². The molecule has 6 rings (SSSR count). The highest BCUT2D eigenvalue weighted by molar-refractivity contribution is 6.31. The number of amidine groups is 1. The molecule has 2 aliphatic heterocycles. The number of nitrogens with zero attached hydrogens (tertiary/aromatic N) is 7. The maximum Gasteiger partial charge on any atom is 0.387 e. The first-order valence-electron chi connectivity index (χ1n) is 13.9. The summed E-state index contributed by atoms with van der Waals surface area (Å²) in [6, 6.07) is 5.89. The van der Waals surface area contributed by atoms with Crippen LogP contribution in [0.5, 0.6) is 5.75 Å². The molecule has 2 amide bonds. The third-order valence-corrected chi connectivity index (χ3v) is 7.89. The zero-order valence-electron chi connectivity index (χ0n) is 23.5. The molecule has 0 spiro atoms. The lowest BCUT2D eigenvalue weighted by molar-refractivity contribution is -0.131. The molecule has 2 aliphatic rings. The number of anilines is 1. The molecule has 2 fully saturated rings. The van der Waals surface area contributed by atoms with Crippen molar-refractivity contribution < 1.29 is 27.8 Å². The fourth-order valence-electron chi connectivity index (χ4n) is 5.68. The van der Waals surface area contributed by atoms with Crippen LogP contribution in [-0.2, 0) is 16.1 Å². The van der Waals surface area contributed by atoms with Crippen molar-refractivity contribution in [2.45, 2.75) is 20.1 Å². The van der Waals surface area contributed by atoms with Crippen molar-refractivity contribution in [2.75, 3.05) is 38.1 Å². The number of halogens is 3. The summed E-state index contributed by atoms with van der Waals surface area (Å²) < 4.78 is 39.4. The number of nitrogens with one attached hydrogen (secondary N) is 2. The quantitative estimate of drug-likeness (QED) is 0.223. The summed E-state index contributed by atoms with van der Waals surface area (Å²) >= 11 is 6.21. The summed E-state index contributed by atoms with van der Waals surface area (Å²) in [5.41, 5.74) is 0.809. The maximum absolute atomic E-state index is 13.4. The Kier molecular flexibility index (Phi) is 8.03. The van der Waals surface area contributed by atoms with Gasteiger partial charge in [-0.05, 0) is 31.2 Å². The first-order valence-corrected chi connectivity index (χ1v) is 14.2. The van der Waals surface area contributed by atoms with E-state index in [1.165, 1.54) is 46.0 Å². The zero-order valence-corrected chi connectivity index (χ0v) is 24.2. The Balaban J connectivity index is 1.25. The summed E-state index contributed by atoms with van der Waals surface area (Å²) in [6.45, 7) is 1.29. The number of hydrogen-bond acceptors (Lipinski definition) is 8. The third-order valence-electron chi connectivity index (χ3n) is 7.65. The Morgan fingerprint density at radius 2 is 1.93 bits per heavy atom. The second kappa shape index (κ2) is 12.1. The van der Waals surface area contributed by atoms with Crippen molar-refractivity contribution in [1.82, 2.24) is 34.2 Å². The fourth-order valence-corrected chi connectivity index (χ4v) is 5.86. The minimum Gasteiger partial charge on any atom is -0.466 e. The van der Waals surface area contributed by atoms with Crippen LogP contribution in [0.25, 0.3) is 16.9 Å². The third kappa shape index (κ3) is 5.86. The van der Waals surface area contributed by atoms with Gasteiger partial charge in [0.05, 0.1) is 18.5 Å². The number of amides is 2. The second-order valence-corrected chi connectivity index (χ2v) is 10.9. The van der Waals surface area contributed by atoms with Crippen LogP contribution >= 0.6 is 11.6 Å². The number of fused-ring (bicyclic) bond motifs is 2. The molecule has 13 nitrogen and oxygen atoms in total. The molecule has 1 aromatic carbocycles. The Morgan fingerprint density at radius 3 is 2.66 bits per heavy atom. The van der Waals surface area contributed by atoms with E-state index < -0.39 is 12.5 Å². The van der Waals surface area contributed by atoms with Crippen LogP contribution in [0.3, 0.4) is 0 Å². The molecule has 16 heteroatoms. The lowest BCUT2D eigenvalue weighted by atomic mass is 10.0. The molecule has 44 heavy (non-hydrogen) atoms. The van der Waals surface area contributed by atoms with E-state index in [-0.39, 0.29) is 63.6 Å². The molecule has 0 bridgehead atoms. The van der Waals surface area contributed by atoms with E-state index in [4.69, 9.17) is 26.5 Å². The van der Waals surface area contributed by atoms with E-state index in [0.29, 0.717) is 38.4 Å². The van der Waals surface area contributed by atoms with Crippen molar-refractivity contribution in [2.24, 2.45) is 11.8 Å². The van der Waals surface area contributed by atoms with Gasteiger partial charge in [-0.3, -0.25) is 19.7 Å². The molecule has 3 aromatic heterocycles. The summed E-state index contributed by atoms with van der Waals surface area (Å²) in [7, 11) is 0. The molecule has 0 aliphatic carbocycles. The van der Waals surface area contributed by atoms with Gasteiger partial charge in [0.15, 0.2) is 5.65 Å². The lowest BCUT2D eigenvalue weighted by Gasteiger charge is -2.22. The maximum atomic E-state index is 13.4. The summed E-state index contributed by atoms with van der Waals surface area (Å²) in [5, 5.41) is 19.7. The minimum absolute atomic E-state index is 0.0807. The highest BCUT2D eigenvalue weighted by Gasteiger charge is 2.42. The number of likely N-dealkylation sites (tertiary alicyclic amines) is 2. The van der Waals surface area contributed by atoms with E-state index in [0.717, 1.165) is 0 Å². The van der Waals surface area contributed by atoms with E-state index >= 15 is 0 Å². The topological polar surface area (TPSA) is 143 Å². The number of aromatic nitrogens is 5. The van der Waals surface area contributed by atoms with Gasteiger partial charge in [0, 0.05) is 67.2 Å². The van der Waals surface area contributed by atoms with Crippen LogP contribution < -0.4 is 10.1 Å². The molecule has 2 atom stereocenters. The van der Waals surface area contributed by atoms with Gasteiger partial charge in [-0.25, -0.2) is 9.50 Å². The fraction of sp³-hybridized carbons (Fsp3) is 0.357. The highest BCUT2D eigenvalue weighted by atomic mass is 35.5. The van der Waals surface area contributed by atoms with E-state index in [9.17, 15) is 18.4 Å². The van der Waals surface area contributed by atoms with E-state index in [1.807, 2.05) is 11.8 Å². The van der Waals surface area contributed by atoms with Gasteiger partial charge in [0.25, 0.3) is 11.9 Å². The zero-order chi connectivity index (χ0) is 31.0. The van der Waals surface area contributed by atoms with Gasteiger partial charge in [-0.15, -0.1) is 0 Å². The number of benzene rings is 1. The van der Waals surface area contributed by atoms with Gasteiger partial charge in [0.1, 0.15) is 23.6 Å². The Hall–Kier alpha value is -4.79. The lowest BCUT2D eigenvalue weighted by Crippen LogP contribution is -2.37. The molecule has 5 heterocycles. The van der Waals surface area contributed by atoms with Crippen molar-refractivity contribution in [1.29, 1.82) is 5.41 Å². The van der Waals surface area contributed by atoms with Crippen molar-refractivity contribution in [3.63, 3.8) is 0 Å². The molecular formula is C28H28ClF2N9O4. The monoisotopic (exact) mass is 627 g/mol. The van der Waals surface area contributed by atoms with Crippen LogP contribution in [0.15, 0.2) is 49.1 Å². The van der Waals surface area contributed by atoms with Crippen LogP contribution in [0.4, 0.5) is 14.5 Å². The Bertz CT molecular complexity index is 1710. The van der Waals surface area contributed by atoms with Gasteiger partial charge in [-0.1, -0.05) is 11.6 Å². The van der Waals surface area contributed by atoms with Gasteiger partial charge in [0.2, 0.25) is 5.91 Å². The predicted octanol–water partition coefficient (Wildman–Crippen LogP) is 3.46. The van der Waals surface area contributed by atoms with Gasteiger partial charge >= 0.3 is 6.61 Å². The number of alkyl halides is 2. The van der Waals surface area contributed by atoms with Crippen LogP contribution in [-0.4, -0.2) is 91.4 Å². The van der Waals surface area contributed by atoms with Crippen LogP contribution in [0.2, 0.25) is 5.02 Å². The predicted molar refractivity (Wildman–Crippen MR) is 155 cm³/mol. The normalized spacial score (nSPS) is 17.8. The molecule has 0 radical (unpaired) electrons. The summed E-state index contributed by atoms with van der Waals surface area (Å²) in [4.78, 5) is 34.6. The number of ether oxygens (including phenoxy) is 2. The van der Waals surface area contributed by atoms with Gasteiger partial charge in [-0.2, -0.15) is 19.0 Å². The average Bonchev–Trinajstić information content (AvgIpc) is 3.76. The molecule has 4 aromatic rings. The molecule has 2 unspecified atom stereocenters. The first-order chi connectivity index (χ1) is 21.2. The second-order valence-electron chi connectivity index (χ2n) is 10.5. The smallest absolute Gasteiger partial charge is 0.387 e. The summed E-state index contributed by atoms with van der Waals surface area (Å²) in [5.74, 6) is -0.548. The van der Waals surface area contributed by atoms with Crippen molar-refractivity contribution in [3.8, 4) is 17.0 Å². The summed E-state index contributed by atoms with van der Waals surface area (Å²) in [6.07, 6.45) is 5.98. The Labute approximate surface area is 254 Å². The van der Waals surface area contributed by atoms with Crippen molar-refractivity contribution in [3.05, 3.63) is 59.6 Å². The Morgan fingerprint density at radius 1 is 1.18 bits per heavy atom. The number of hydrogen-bond donors (Lipinski definition) is 2. The van der Waals surface area contributed by atoms with E-state index in [2.05, 4.69) is 20.5 Å². The minimum atomic E-state index is -3.12. The molecule has 230 valence electrons.